The van der Waals surface area contributed by atoms with Crippen LogP contribution in [-0.4, -0.2) is 36.2 Å². The van der Waals surface area contributed by atoms with Crippen LogP contribution in [0.1, 0.15) is 26.7 Å². The Balaban J connectivity index is 2.73. The highest BCUT2D eigenvalue weighted by atomic mass is 35.5. The molecular weight excluding hydrogens is 302 g/mol. The number of nitrogens with one attached hydrogen (secondary N) is 1. The van der Waals surface area contributed by atoms with Crippen molar-refractivity contribution in [2.75, 3.05) is 13.2 Å². The van der Waals surface area contributed by atoms with Crippen LogP contribution in [0.5, 0.6) is 0 Å². The molecule has 116 valence electrons. The number of rotatable bonds is 8. The highest BCUT2D eigenvalue weighted by molar-refractivity contribution is 7.89. The Morgan fingerprint density at radius 3 is 2.60 bits per heavy atom. The molecule has 0 amide bonds. The molecule has 1 rings (SSSR count). The summed E-state index contributed by atoms with van der Waals surface area (Å²) in [5.41, 5.74) is 0. The van der Waals surface area contributed by atoms with Gasteiger partial charge in [0.2, 0.25) is 5.03 Å². The highest BCUT2D eigenvalue weighted by Gasteiger charge is 2.23. The summed E-state index contributed by atoms with van der Waals surface area (Å²) in [6, 6.07) is 0. The summed E-state index contributed by atoms with van der Waals surface area (Å²) in [7, 11) is -2.09. The second kappa shape index (κ2) is 7.40. The zero-order valence-electron chi connectivity index (χ0n) is 12.0. The van der Waals surface area contributed by atoms with Gasteiger partial charge in [-0.15, -0.1) is 0 Å². The minimum absolute atomic E-state index is 0.0451. The third-order valence-electron chi connectivity index (χ3n) is 2.99. The molecule has 8 heteroatoms. The standard InChI is InChI=1S/C12H22ClN3O3S/c1-9(2)6-10(4-5-17)7-15-20(18,19)12-11(13)16(3)8-14-12/h8-10,15,17H,4-7H2,1-3H3. The summed E-state index contributed by atoms with van der Waals surface area (Å²) in [5.74, 6) is 0.534. The Morgan fingerprint density at radius 2 is 2.15 bits per heavy atom. The molecule has 0 aliphatic carbocycles. The van der Waals surface area contributed by atoms with E-state index in [0.717, 1.165) is 6.42 Å². The third-order valence-corrected chi connectivity index (χ3v) is 4.91. The van der Waals surface area contributed by atoms with Gasteiger partial charge in [0.1, 0.15) is 5.15 Å². The van der Waals surface area contributed by atoms with E-state index in [1.54, 1.807) is 7.05 Å². The van der Waals surface area contributed by atoms with E-state index < -0.39 is 10.0 Å². The number of nitrogens with zero attached hydrogens (tertiary/aromatic N) is 2. The Bertz CT molecular complexity index is 528. The van der Waals surface area contributed by atoms with Gasteiger partial charge in [-0.1, -0.05) is 25.4 Å². The van der Waals surface area contributed by atoms with Gasteiger partial charge in [0.05, 0.1) is 6.33 Å². The fourth-order valence-electron chi connectivity index (χ4n) is 2.02. The van der Waals surface area contributed by atoms with Crippen LogP contribution in [0.3, 0.4) is 0 Å². The summed E-state index contributed by atoms with van der Waals surface area (Å²) in [4.78, 5) is 3.80. The maximum Gasteiger partial charge on any atom is 0.261 e. The van der Waals surface area contributed by atoms with Gasteiger partial charge < -0.3 is 9.67 Å². The normalized spacial score (nSPS) is 13.9. The molecule has 0 fully saturated rings. The number of aryl methyl sites for hydroxylation is 1. The van der Waals surface area contributed by atoms with E-state index >= 15 is 0 Å². The van der Waals surface area contributed by atoms with Crippen molar-refractivity contribution in [3.8, 4) is 0 Å². The quantitative estimate of drug-likeness (QED) is 0.757. The van der Waals surface area contributed by atoms with Crippen LogP contribution in [0, 0.1) is 11.8 Å². The topological polar surface area (TPSA) is 84.2 Å². The predicted molar refractivity (Wildman–Crippen MR) is 78.1 cm³/mol. The molecule has 0 bridgehead atoms. The van der Waals surface area contributed by atoms with E-state index in [0.29, 0.717) is 12.3 Å². The first-order valence-corrected chi connectivity index (χ1v) is 8.41. The summed E-state index contributed by atoms with van der Waals surface area (Å²) in [6.07, 6.45) is 2.77. The van der Waals surface area contributed by atoms with Crippen molar-refractivity contribution < 1.29 is 13.5 Å². The van der Waals surface area contributed by atoms with Crippen LogP contribution in [0.15, 0.2) is 11.4 Å². The van der Waals surface area contributed by atoms with Crippen LogP contribution in [0.25, 0.3) is 0 Å². The van der Waals surface area contributed by atoms with E-state index in [1.165, 1.54) is 10.9 Å². The minimum Gasteiger partial charge on any atom is -0.396 e. The summed E-state index contributed by atoms with van der Waals surface area (Å²) in [5, 5.41) is 8.95. The molecule has 6 nitrogen and oxygen atoms in total. The Morgan fingerprint density at radius 1 is 1.50 bits per heavy atom. The Kier molecular flexibility index (Phi) is 6.44. The number of hydrogen-bond donors (Lipinski definition) is 2. The maximum absolute atomic E-state index is 12.1. The van der Waals surface area contributed by atoms with Gasteiger partial charge in [0, 0.05) is 20.2 Å². The van der Waals surface area contributed by atoms with E-state index in [2.05, 4.69) is 23.6 Å². The molecule has 0 aliphatic rings. The lowest BCUT2D eigenvalue weighted by molar-refractivity contribution is 0.243. The molecule has 0 aliphatic heterocycles. The number of imidazole rings is 1. The van der Waals surface area contributed by atoms with Gasteiger partial charge in [-0.3, -0.25) is 0 Å². The van der Waals surface area contributed by atoms with E-state index in [9.17, 15) is 8.42 Å². The van der Waals surface area contributed by atoms with Crippen molar-refractivity contribution in [3.63, 3.8) is 0 Å². The summed E-state index contributed by atoms with van der Waals surface area (Å²) in [6.45, 7) is 4.44. The highest BCUT2D eigenvalue weighted by Crippen LogP contribution is 2.19. The second-order valence-electron chi connectivity index (χ2n) is 5.31. The number of aromatic nitrogens is 2. The average molecular weight is 324 g/mol. The molecule has 0 spiro atoms. The number of aliphatic hydroxyl groups excluding tert-OH is 1. The van der Waals surface area contributed by atoms with E-state index in [4.69, 9.17) is 16.7 Å². The number of hydrogen-bond acceptors (Lipinski definition) is 4. The molecule has 2 N–H and O–H groups in total. The molecule has 0 aromatic carbocycles. The average Bonchev–Trinajstić information content (AvgIpc) is 2.67. The number of sulfonamides is 1. The fraction of sp³-hybridized carbons (Fsp3) is 0.750. The maximum atomic E-state index is 12.1. The van der Waals surface area contributed by atoms with Crippen molar-refractivity contribution in [3.05, 3.63) is 11.5 Å². The SMILES string of the molecule is CC(C)CC(CCO)CNS(=O)(=O)c1ncn(C)c1Cl. The third kappa shape index (κ3) is 4.73. The van der Waals surface area contributed by atoms with Crippen molar-refractivity contribution in [1.82, 2.24) is 14.3 Å². The molecule has 1 aromatic rings. The first-order valence-electron chi connectivity index (χ1n) is 6.55. The number of aliphatic hydroxyl groups is 1. The summed E-state index contributed by atoms with van der Waals surface area (Å²) < 4.78 is 28.2. The monoisotopic (exact) mass is 323 g/mol. The lowest BCUT2D eigenvalue weighted by atomic mass is 9.95. The van der Waals surface area contributed by atoms with Gasteiger partial charge in [-0.05, 0) is 24.7 Å². The first kappa shape index (κ1) is 17.4. The molecule has 0 saturated heterocycles. The van der Waals surface area contributed by atoms with Gasteiger partial charge in [0.25, 0.3) is 10.0 Å². The van der Waals surface area contributed by atoms with Crippen LogP contribution in [0.2, 0.25) is 5.15 Å². The minimum atomic E-state index is -3.71. The van der Waals surface area contributed by atoms with Crippen molar-refractivity contribution in [2.24, 2.45) is 18.9 Å². The largest absolute Gasteiger partial charge is 0.396 e. The summed E-state index contributed by atoms with van der Waals surface area (Å²) >= 11 is 5.90. The van der Waals surface area contributed by atoms with Crippen LogP contribution in [-0.2, 0) is 17.1 Å². The zero-order chi connectivity index (χ0) is 15.3. The second-order valence-corrected chi connectivity index (χ2v) is 7.35. The van der Waals surface area contributed by atoms with Crippen LogP contribution in [0.4, 0.5) is 0 Å². The molecule has 1 heterocycles. The fourth-order valence-corrected chi connectivity index (χ4v) is 3.56. The van der Waals surface area contributed by atoms with Crippen molar-refractivity contribution >= 4 is 21.6 Å². The molecule has 1 unspecified atom stereocenters. The lowest BCUT2D eigenvalue weighted by Gasteiger charge is -2.18. The van der Waals surface area contributed by atoms with E-state index in [1.807, 2.05) is 0 Å². The number of halogens is 1. The van der Waals surface area contributed by atoms with Crippen LogP contribution < -0.4 is 4.72 Å². The predicted octanol–water partition coefficient (Wildman–Crippen LogP) is 1.40. The van der Waals surface area contributed by atoms with Gasteiger partial charge in [-0.25, -0.2) is 18.1 Å². The van der Waals surface area contributed by atoms with Gasteiger partial charge in [0.15, 0.2) is 0 Å². The van der Waals surface area contributed by atoms with Gasteiger partial charge >= 0.3 is 0 Å². The smallest absolute Gasteiger partial charge is 0.261 e. The molecular formula is C12H22ClN3O3S. The zero-order valence-corrected chi connectivity index (χ0v) is 13.6. The van der Waals surface area contributed by atoms with Crippen LogP contribution >= 0.6 is 11.6 Å². The Hall–Kier alpha value is -0.630. The van der Waals surface area contributed by atoms with Gasteiger partial charge in [-0.2, -0.15) is 0 Å². The lowest BCUT2D eigenvalue weighted by Crippen LogP contribution is -2.31. The first-order chi connectivity index (χ1) is 9.27. The molecule has 1 atom stereocenters. The van der Waals surface area contributed by atoms with Crippen molar-refractivity contribution in [1.29, 1.82) is 0 Å². The van der Waals surface area contributed by atoms with E-state index in [-0.39, 0.29) is 29.2 Å². The Labute approximate surface area is 125 Å². The molecule has 1 aromatic heterocycles. The molecule has 0 saturated carbocycles. The van der Waals surface area contributed by atoms with Crippen molar-refractivity contribution in [2.45, 2.75) is 31.7 Å². The molecule has 0 radical (unpaired) electrons. The molecule has 20 heavy (non-hydrogen) atoms.